The van der Waals surface area contributed by atoms with Crippen molar-refractivity contribution in [1.29, 1.82) is 0 Å². The second-order valence-corrected chi connectivity index (χ2v) is 3.72. The van der Waals surface area contributed by atoms with Crippen molar-refractivity contribution in [3.8, 4) is 0 Å². The lowest BCUT2D eigenvalue weighted by molar-refractivity contribution is 0.455. The molecule has 0 unspecified atom stereocenters. The van der Waals surface area contributed by atoms with Gasteiger partial charge in [0.05, 0.1) is 0 Å². The van der Waals surface area contributed by atoms with Gasteiger partial charge >= 0.3 is 0 Å². The standard InChI is InChI=1S/C10H12.H3N/c1-10(2)7-8-5-3-4-6-9(8)10;/h3-6H,7H2,1-2H3;1H3. The van der Waals surface area contributed by atoms with E-state index < -0.39 is 0 Å². The van der Waals surface area contributed by atoms with Crippen LogP contribution in [-0.2, 0) is 11.8 Å². The zero-order valence-corrected chi connectivity index (χ0v) is 7.22. The predicted octanol–water partition coefficient (Wildman–Crippen LogP) is 2.68. The minimum absolute atomic E-state index is 0. The third-order valence-electron chi connectivity index (χ3n) is 2.38. The van der Waals surface area contributed by atoms with Crippen LogP contribution in [0.4, 0.5) is 0 Å². The van der Waals surface area contributed by atoms with Gasteiger partial charge in [-0.05, 0) is 23.0 Å². The molecule has 1 aromatic carbocycles. The number of hydrogen-bond donors (Lipinski definition) is 1. The summed E-state index contributed by atoms with van der Waals surface area (Å²) < 4.78 is 0. The Morgan fingerprint density at radius 2 is 1.82 bits per heavy atom. The van der Waals surface area contributed by atoms with E-state index in [-0.39, 0.29) is 6.15 Å². The van der Waals surface area contributed by atoms with Gasteiger partial charge in [-0.25, -0.2) is 0 Å². The zero-order chi connectivity index (χ0) is 7.19. The summed E-state index contributed by atoms with van der Waals surface area (Å²) in [6, 6.07) is 8.70. The van der Waals surface area contributed by atoms with E-state index in [4.69, 9.17) is 0 Å². The molecule has 2 rings (SSSR count). The Bertz CT molecular complexity index is 263. The van der Waals surface area contributed by atoms with Gasteiger partial charge in [0, 0.05) is 0 Å². The molecule has 0 atom stereocenters. The second kappa shape index (κ2) is 2.35. The van der Waals surface area contributed by atoms with Crippen LogP contribution >= 0.6 is 0 Å². The Kier molecular flexibility index (Phi) is 1.77. The van der Waals surface area contributed by atoms with Gasteiger partial charge in [0.25, 0.3) is 0 Å². The van der Waals surface area contributed by atoms with E-state index in [2.05, 4.69) is 38.1 Å². The van der Waals surface area contributed by atoms with Crippen LogP contribution in [0.15, 0.2) is 24.3 Å². The maximum Gasteiger partial charge on any atom is -0.00604 e. The predicted molar refractivity (Wildman–Crippen MR) is 48.2 cm³/mol. The summed E-state index contributed by atoms with van der Waals surface area (Å²) in [5.41, 5.74) is 3.53. The van der Waals surface area contributed by atoms with Gasteiger partial charge in [-0.3, -0.25) is 0 Å². The van der Waals surface area contributed by atoms with Crippen LogP contribution in [0.3, 0.4) is 0 Å². The van der Waals surface area contributed by atoms with Crippen LogP contribution in [0.1, 0.15) is 25.0 Å². The molecule has 1 aliphatic rings. The first-order chi connectivity index (χ1) is 4.70. The maximum atomic E-state index is 2.30. The number of fused-ring (bicyclic) bond motifs is 1. The minimum atomic E-state index is 0. The van der Waals surface area contributed by atoms with E-state index >= 15 is 0 Å². The summed E-state index contributed by atoms with van der Waals surface area (Å²) in [5, 5.41) is 0. The van der Waals surface area contributed by atoms with Crippen molar-refractivity contribution in [2.24, 2.45) is 0 Å². The summed E-state index contributed by atoms with van der Waals surface area (Å²) in [6.07, 6.45) is 1.25. The number of hydrogen-bond acceptors (Lipinski definition) is 1. The fraction of sp³-hybridized carbons (Fsp3) is 0.400. The SMILES string of the molecule is CC1(C)Cc2ccccc21.N. The number of rotatable bonds is 0. The highest BCUT2D eigenvalue weighted by atomic mass is 14.4. The lowest BCUT2D eigenvalue weighted by Gasteiger charge is -2.37. The Hall–Kier alpha value is -0.820. The quantitative estimate of drug-likeness (QED) is 0.604. The Morgan fingerprint density at radius 1 is 1.18 bits per heavy atom. The minimum Gasteiger partial charge on any atom is -0.344 e. The average Bonchev–Trinajstić information content (AvgIpc) is 1.86. The van der Waals surface area contributed by atoms with Crippen molar-refractivity contribution in [3.05, 3.63) is 35.4 Å². The highest BCUT2D eigenvalue weighted by molar-refractivity contribution is 5.43. The van der Waals surface area contributed by atoms with Crippen LogP contribution in [0, 0.1) is 0 Å². The van der Waals surface area contributed by atoms with Crippen LogP contribution in [0.25, 0.3) is 0 Å². The smallest absolute Gasteiger partial charge is 0.00604 e. The Labute approximate surface area is 68.0 Å². The van der Waals surface area contributed by atoms with Gasteiger partial charge in [-0.2, -0.15) is 0 Å². The van der Waals surface area contributed by atoms with Crippen LogP contribution in [0.2, 0.25) is 0 Å². The van der Waals surface area contributed by atoms with Crippen molar-refractivity contribution < 1.29 is 0 Å². The number of benzene rings is 1. The molecule has 3 N–H and O–H groups in total. The Balaban J connectivity index is 0.000000605. The molecule has 0 aromatic heterocycles. The van der Waals surface area contributed by atoms with Crippen molar-refractivity contribution in [1.82, 2.24) is 6.15 Å². The highest BCUT2D eigenvalue weighted by Gasteiger charge is 2.32. The molecule has 0 fully saturated rings. The van der Waals surface area contributed by atoms with Crippen LogP contribution in [-0.4, -0.2) is 0 Å². The zero-order valence-electron chi connectivity index (χ0n) is 7.22. The fourth-order valence-corrected chi connectivity index (χ4v) is 1.80. The molecule has 0 bridgehead atoms. The summed E-state index contributed by atoms with van der Waals surface area (Å²) in [6.45, 7) is 4.60. The molecule has 60 valence electrons. The molecule has 0 amide bonds. The van der Waals surface area contributed by atoms with Gasteiger partial charge in [0.1, 0.15) is 0 Å². The first kappa shape index (κ1) is 8.28. The molecule has 1 nitrogen and oxygen atoms in total. The second-order valence-electron chi connectivity index (χ2n) is 3.72. The Morgan fingerprint density at radius 3 is 2.27 bits per heavy atom. The van der Waals surface area contributed by atoms with Gasteiger partial charge in [-0.15, -0.1) is 0 Å². The molecule has 0 radical (unpaired) electrons. The molecule has 0 heterocycles. The maximum absolute atomic E-state index is 2.30. The van der Waals surface area contributed by atoms with E-state index in [0.29, 0.717) is 5.41 Å². The van der Waals surface area contributed by atoms with Crippen molar-refractivity contribution >= 4 is 0 Å². The molecule has 0 saturated heterocycles. The summed E-state index contributed by atoms with van der Waals surface area (Å²) in [4.78, 5) is 0. The van der Waals surface area contributed by atoms with Crippen LogP contribution < -0.4 is 6.15 Å². The van der Waals surface area contributed by atoms with E-state index in [1.165, 1.54) is 17.5 Å². The summed E-state index contributed by atoms with van der Waals surface area (Å²) >= 11 is 0. The normalized spacial score (nSPS) is 17.6. The topological polar surface area (TPSA) is 35.0 Å². The lowest BCUT2D eigenvalue weighted by atomic mass is 9.67. The molecule has 1 heteroatoms. The third kappa shape index (κ3) is 1.05. The molecule has 0 saturated carbocycles. The largest absolute Gasteiger partial charge is 0.344 e. The summed E-state index contributed by atoms with van der Waals surface area (Å²) in [5.74, 6) is 0. The van der Waals surface area contributed by atoms with Crippen molar-refractivity contribution in [3.63, 3.8) is 0 Å². The van der Waals surface area contributed by atoms with Gasteiger partial charge in [0.2, 0.25) is 0 Å². The molecule has 0 aliphatic heterocycles. The molecule has 1 aliphatic carbocycles. The molecule has 0 spiro atoms. The molecule has 11 heavy (non-hydrogen) atoms. The van der Waals surface area contributed by atoms with E-state index in [0.717, 1.165) is 0 Å². The van der Waals surface area contributed by atoms with E-state index in [1.807, 2.05) is 0 Å². The molecule has 1 aromatic rings. The van der Waals surface area contributed by atoms with Crippen LogP contribution in [0.5, 0.6) is 0 Å². The highest BCUT2D eigenvalue weighted by Crippen LogP contribution is 2.39. The third-order valence-corrected chi connectivity index (χ3v) is 2.38. The van der Waals surface area contributed by atoms with Gasteiger partial charge in [-0.1, -0.05) is 38.1 Å². The van der Waals surface area contributed by atoms with Gasteiger partial charge in [0.15, 0.2) is 0 Å². The first-order valence-corrected chi connectivity index (χ1v) is 3.78. The lowest BCUT2D eigenvalue weighted by Crippen LogP contribution is -2.31. The molecular formula is C10H15N. The van der Waals surface area contributed by atoms with E-state index in [9.17, 15) is 0 Å². The van der Waals surface area contributed by atoms with Crippen molar-refractivity contribution in [2.75, 3.05) is 0 Å². The van der Waals surface area contributed by atoms with Gasteiger partial charge < -0.3 is 6.15 Å². The first-order valence-electron chi connectivity index (χ1n) is 3.78. The monoisotopic (exact) mass is 149 g/mol. The molecular weight excluding hydrogens is 134 g/mol. The summed E-state index contributed by atoms with van der Waals surface area (Å²) in [7, 11) is 0. The fourth-order valence-electron chi connectivity index (χ4n) is 1.80. The van der Waals surface area contributed by atoms with E-state index in [1.54, 1.807) is 0 Å². The average molecular weight is 149 g/mol. The van der Waals surface area contributed by atoms with Crippen molar-refractivity contribution in [2.45, 2.75) is 25.7 Å².